The first kappa shape index (κ1) is 22.3. The van der Waals surface area contributed by atoms with E-state index in [-0.39, 0.29) is 0 Å². The summed E-state index contributed by atoms with van der Waals surface area (Å²) in [5.74, 6) is -1.14. The average Bonchev–Trinajstić information content (AvgIpc) is 2.59. The number of benzene rings is 2. The quantitative estimate of drug-likeness (QED) is 0.272. The van der Waals surface area contributed by atoms with Crippen LogP contribution in [0.5, 0.6) is 0 Å². The molecule has 0 unspecified atom stereocenters. The molecule has 26 heavy (non-hydrogen) atoms. The third-order valence-corrected chi connectivity index (χ3v) is 9.82. The van der Waals surface area contributed by atoms with Crippen molar-refractivity contribution in [1.82, 2.24) is 0 Å². The minimum atomic E-state index is -0.703. The maximum atomic E-state index is 12.9. The summed E-state index contributed by atoms with van der Waals surface area (Å²) >= 11 is 20.8. The van der Waals surface area contributed by atoms with Crippen molar-refractivity contribution in [3.8, 4) is 0 Å². The molecule has 2 rings (SSSR count). The van der Waals surface area contributed by atoms with Crippen molar-refractivity contribution in [2.75, 3.05) is 4.90 Å². The van der Waals surface area contributed by atoms with Crippen LogP contribution in [0.15, 0.2) is 63.3 Å². The van der Waals surface area contributed by atoms with E-state index in [1.54, 1.807) is 12.1 Å². The maximum Gasteiger partial charge on any atom is 0.255 e. The summed E-state index contributed by atoms with van der Waals surface area (Å²) in [6, 6.07) is 7.17. The van der Waals surface area contributed by atoms with Crippen LogP contribution in [0, 0.1) is 0 Å². The third-order valence-electron chi connectivity index (χ3n) is 3.12. The highest BCUT2D eigenvalue weighted by molar-refractivity contribution is 9.15. The molecule has 0 fully saturated rings. The van der Waals surface area contributed by atoms with E-state index in [9.17, 15) is 9.59 Å². The average molecular weight is 740 g/mol. The fourth-order valence-electron chi connectivity index (χ4n) is 1.97. The largest absolute Gasteiger partial charge is 0.366 e. The first-order valence-electron chi connectivity index (χ1n) is 6.73. The van der Waals surface area contributed by atoms with Gasteiger partial charge in [0.1, 0.15) is 0 Å². The van der Waals surface area contributed by atoms with E-state index in [2.05, 4.69) is 95.6 Å². The summed E-state index contributed by atoms with van der Waals surface area (Å²) in [5.41, 5.74) is 6.28. The lowest BCUT2D eigenvalue weighted by atomic mass is 10.2. The number of primary amides is 1. The molecule has 0 aliphatic rings. The van der Waals surface area contributed by atoms with Crippen LogP contribution in [-0.2, 0) is 9.59 Å². The molecule has 0 saturated heterocycles. The van der Waals surface area contributed by atoms with Gasteiger partial charge in [-0.1, -0.05) is 0 Å². The zero-order valence-electron chi connectivity index (χ0n) is 12.6. The number of amides is 2. The second kappa shape index (κ2) is 9.47. The zero-order chi connectivity index (χ0) is 19.6. The van der Waals surface area contributed by atoms with Crippen LogP contribution in [0.25, 0.3) is 0 Å². The van der Waals surface area contributed by atoms with Gasteiger partial charge >= 0.3 is 0 Å². The van der Waals surface area contributed by atoms with Crippen molar-refractivity contribution in [3.05, 3.63) is 63.3 Å². The standard InChI is InChI=1S/C16H8Br6N2O2/c17-7-1-3-9(15(21)13(7)19)24(12(26)6-5-11(23)25)10-4-2-8(18)14(20)16(10)22/h1-6H,(H2,23,25). The molecule has 0 aliphatic heterocycles. The monoisotopic (exact) mass is 734 g/mol. The Hall–Kier alpha value is 0.000000000000000222. The van der Waals surface area contributed by atoms with Gasteiger partial charge in [0.25, 0.3) is 5.91 Å². The van der Waals surface area contributed by atoms with Gasteiger partial charge < -0.3 is 5.73 Å². The molecule has 2 N–H and O–H groups in total. The molecule has 0 atom stereocenters. The number of carbonyl (C=O) groups is 2. The molecule has 10 heteroatoms. The van der Waals surface area contributed by atoms with E-state index in [1.807, 2.05) is 12.1 Å². The number of nitrogens with two attached hydrogens (primary N) is 1. The van der Waals surface area contributed by atoms with E-state index in [1.165, 1.54) is 4.90 Å². The lowest BCUT2D eigenvalue weighted by molar-refractivity contribution is -0.115. The first-order valence-corrected chi connectivity index (χ1v) is 11.5. The molecular weight excluding hydrogens is 732 g/mol. The van der Waals surface area contributed by atoms with Crippen LogP contribution in [-0.4, -0.2) is 11.8 Å². The molecule has 4 nitrogen and oxygen atoms in total. The van der Waals surface area contributed by atoms with Crippen molar-refractivity contribution in [2.24, 2.45) is 5.73 Å². The van der Waals surface area contributed by atoms with Gasteiger partial charge in [0.05, 0.1) is 20.3 Å². The summed E-state index contributed by atoms with van der Waals surface area (Å²) < 4.78 is 4.48. The minimum absolute atomic E-state index is 0.436. The highest BCUT2D eigenvalue weighted by Gasteiger charge is 2.24. The van der Waals surface area contributed by atoms with Gasteiger partial charge in [0, 0.05) is 30.0 Å². The fraction of sp³-hybridized carbons (Fsp3) is 0. The summed E-state index contributed by atoms with van der Waals surface area (Å²) in [7, 11) is 0. The number of rotatable bonds is 4. The Balaban J connectivity index is 2.72. The Bertz CT molecular complexity index is 872. The van der Waals surface area contributed by atoms with E-state index in [0.29, 0.717) is 20.3 Å². The van der Waals surface area contributed by atoms with E-state index in [4.69, 9.17) is 5.73 Å². The zero-order valence-corrected chi connectivity index (χ0v) is 22.1. The Morgan fingerprint density at radius 1 is 0.731 bits per heavy atom. The smallest absolute Gasteiger partial charge is 0.255 e. The molecule has 2 aromatic carbocycles. The topological polar surface area (TPSA) is 63.4 Å². The number of hydrogen-bond acceptors (Lipinski definition) is 2. The lowest BCUT2D eigenvalue weighted by Crippen LogP contribution is -2.25. The van der Waals surface area contributed by atoms with Gasteiger partial charge in [-0.3, -0.25) is 14.5 Å². The predicted molar refractivity (Wildman–Crippen MR) is 125 cm³/mol. The van der Waals surface area contributed by atoms with Crippen LogP contribution < -0.4 is 10.6 Å². The van der Waals surface area contributed by atoms with Crippen LogP contribution in [0.2, 0.25) is 0 Å². The highest BCUT2D eigenvalue weighted by atomic mass is 79.9. The van der Waals surface area contributed by atoms with Crippen molar-refractivity contribution < 1.29 is 9.59 Å². The minimum Gasteiger partial charge on any atom is -0.366 e. The van der Waals surface area contributed by atoms with Crippen molar-refractivity contribution in [2.45, 2.75) is 0 Å². The van der Waals surface area contributed by atoms with Gasteiger partial charge in [0.2, 0.25) is 5.91 Å². The lowest BCUT2D eigenvalue weighted by Gasteiger charge is -2.25. The molecule has 2 aromatic rings. The normalized spacial score (nSPS) is 11.0. The SMILES string of the molecule is NC(=O)C=CC(=O)N(c1ccc(Br)c(Br)c1Br)c1ccc(Br)c(Br)c1Br. The van der Waals surface area contributed by atoms with Gasteiger partial charge in [-0.15, -0.1) is 0 Å². The Kier molecular flexibility index (Phi) is 8.12. The first-order chi connectivity index (χ1) is 12.1. The predicted octanol–water partition coefficient (Wildman–Crippen LogP) is 6.97. The molecule has 0 radical (unpaired) electrons. The van der Waals surface area contributed by atoms with Crippen molar-refractivity contribution >= 4 is 119 Å². The maximum absolute atomic E-state index is 12.9. The summed E-state index contributed by atoms with van der Waals surface area (Å²) in [5, 5.41) is 0. The van der Waals surface area contributed by atoms with Gasteiger partial charge in [-0.2, -0.15) is 0 Å². The molecule has 136 valence electrons. The van der Waals surface area contributed by atoms with Crippen LogP contribution >= 0.6 is 95.6 Å². The number of hydrogen-bond donors (Lipinski definition) is 1. The van der Waals surface area contributed by atoms with Crippen molar-refractivity contribution in [3.63, 3.8) is 0 Å². The molecule has 0 heterocycles. The summed E-state index contributed by atoms with van der Waals surface area (Å²) in [6.45, 7) is 0. The molecule has 0 saturated carbocycles. The molecular formula is C16H8Br6N2O2. The number of carbonyl (C=O) groups excluding carboxylic acids is 2. The highest BCUT2D eigenvalue weighted by Crippen LogP contribution is 2.45. The molecule has 0 spiro atoms. The van der Waals surface area contributed by atoms with E-state index in [0.717, 1.165) is 30.0 Å². The third kappa shape index (κ3) is 4.88. The van der Waals surface area contributed by atoms with E-state index >= 15 is 0 Å². The second-order valence-electron chi connectivity index (χ2n) is 4.80. The van der Waals surface area contributed by atoms with Gasteiger partial charge in [0.15, 0.2) is 0 Å². The summed E-state index contributed by atoms with van der Waals surface area (Å²) in [6.07, 6.45) is 2.16. The number of halogens is 6. The Morgan fingerprint density at radius 2 is 1.15 bits per heavy atom. The van der Waals surface area contributed by atoms with Crippen molar-refractivity contribution in [1.29, 1.82) is 0 Å². The number of nitrogens with zero attached hydrogens (tertiary/aromatic N) is 1. The molecule has 0 bridgehead atoms. The molecule has 0 aromatic heterocycles. The second-order valence-corrected chi connectivity index (χ2v) is 9.68. The Labute approximate surface area is 200 Å². The van der Waals surface area contributed by atoms with Gasteiger partial charge in [-0.25, -0.2) is 0 Å². The van der Waals surface area contributed by atoms with Gasteiger partial charge in [-0.05, 0) is 120 Å². The summed E-state index contributed by atoms with van der Waals surface area (Å²) in [4.78, 5) is 25.4. The number of anilines is 2. The fourth-order valence-corrected chi connectivity index (χ4v) is 4.88. The van der Waals surface area contributed by atoms with E-state index < -0.39 is 11.8 Å². The molecule has 2 amide bonds. The van der Waals surface area contributed by atoms with Crippen LogP contribution in [0.1, 0.15) is 0 Å². The van der Waals surface area contributed by atoms with Crippen LogP contribution in [0.3, 0.4) is 0 Å². The van der Waals surface area contributed by atoms with Crippen LogP contribution in [0.4, 0.5) is 11.4 Å². The Morgan fingerprint density at radius 3 is 1.54 bits per heavy atom. The molecule has 0 aliphatic carbocycles.